The molecule has 0 radical (unpaired) electrons. The van der Waals surface area contributed by atoms with Gasteiger partial charge in [-0.2, -0.15) is 5.26 Å². The van der Waals surface area contributed by atoms with E-state index in [2.05, 4.69) is 11.1 Å². The molecule has 0 saturated heterocycles. The zero-order chi connectivity index (χ0) is 18.4. The highest BCUT2D eigenvalue weighted by Crippen LogP contribution is 2.31. The minimum atomic E-state index is -0.500. The monoisotopic (exact) mass is 349 g/mol. The minimum Gasteiger partial charge on any atom is -0.462 e. The molecule has 0 aromatic carbocycles. The smallest absolute Gasteiger partial charge is 0.340 e. The molecule has 0 N–H and O–H groups in total. The van der Waals surface area contributed by atoms with Crippen LogP contribution < -0.4 is 0 Å². The summed E-state index contributed by atoms with van der Waals surface area (Å²) >= 11 is 1.26. The first-order valence-electron chi connectivity index (χ1n) is 7.69. The number of amides is 1. The lowest BCUT2D eigenvalue weighted by atomic mass is 10.1. The van der Waals surface area contributed by atoms with Crippen molar-refractivity contribution in [2.24, 2.45) is 5.92 Å². The number of aromatic nitrogens is 1. The lowest BCUT2D eigenvalue weighted by molar-refractivity contribution is -0.128. The van der Waals surface area contributed by atoms with Crippen LogP contribution in [0.15, 0.2) is 11.1 Å². The number of hydrogen-bond acceptors (Lipinski definition) is 6. The number of rotatable bonds is 6. The van der Waals surface area contributed by atoms with Gasteiger partial charge in [0.2, 0.25) is 5.91 Å². The summed E-state index contributed by atoms with van der Waals surface area (Å²) in [4.78, 5) is 30.2. The third-order valence-electron chi connectivity index (χ3n) is 3.32. The summed E-state index contributed by atoms with van der Waals surface area (Å²) in [5.74, 6) is -0.462. The highest BCUT2D eigenvalue weighted by molar-refractivity contribution is 8.00. The zero-order valence-corrected chi connectivity index (χ0v) is 15.7. The quantitative estimate of drug-likeness (QED) is 0.580. The van der Waals surface area contributed by atoms with Crippen molar-refractivity contribution in [1.82, 2.24) is 9.88 Å². The molecular formula is C17H23N3O3S. The Morgan fingerprint density at radius 2 is 2.04 bits per heavy atom. The predicted octanol–water partition coefficient (Wildman–Crippen LogP) is 2.64. The Kier molecular flexibility index (Phi) is 7.23. The van der Waals surface area contributed by atoms with Gasteiger partial charge >= 0.3 is 5.97 Å². The van der Waals surface area contributed by atoms with Gasteiger partial charge in [0, 0.05) is 14.1 Å². The van der Waals surface area contributed by atoms with Gasteiger partial charge in [-0.1, -0.05) is 25.6 Å². The maximum Gasteiger partial charge on any atom is 0.340 e. The van der Waals surface area contributed by atoms with Crippen LogP contribution in [0.4, 0.5) is 0 Å². The second kappa shape index (κ2) is 8.69. The van der Waals surface area contributed by atoms with Gasteiger partial charge in [-0.05, 0) is 25.8 Å². The summed E-state index contributed by atoms with van der Waals surface area (Å²) in [6, 6.07) is 3.54. The van der Waals surface area contributed by atoms with Crippen LogP contribution in [0.3, 0.4) is 0 Å². The number of aryl methyl sites for hydroxylation is 1. The van der Waals surface area contributed by atoms with Crippen LogP contribution in [0.5, 0.6) is 0 Å². The van der Waals surface area contributed by atoms with Gasteiger partial charge in [-0.3, -0.25) is 4.79 Å². The number of thioether (sulfide) groups is 1. The van der Waals surface area contributed by atoms with Gasteiger partial charge in [0.15, 0.2) is 0 Å². The third kappa shape index (κ3) is 4.71. The van der Waals surface area contributed by atoms with Crippen LogP contribution in [0.25, 0.3) is 0 Å². The maximum atomic E-state index is 12.4. The Bertz CT molecular complexity index is 666. The summed E-state index contributed by atoms with van der Waals surface area (Å²) in [5.41, 5.74) is 1.03. The first-order valence-corrected chi connectivity index (χ1v) is 8.57. The van der Waals surface area contributed by atoms with Crippen molar-refractivity contribution in [3.05, 3.63) is 22.9 Å². The SMILES string of the molecule is CCOC(=O)c1cc(C#N)c(S[C@@H](C(=O)N(C)C)C(C)C)nc1C. The van der Waals surface area contributed by atoms with Crippen LogP contribution in [-0.2, 0) is 9.53 Å². The van der Waals surface area contributed by atoms with E-state index in [0.717, 1.165) is 0 Å². The molecule has 1 aromatic heterocycles. The molecule has 1 heterocycles. The van der Waals surface area contributed by atoms with Crippen molar-refractivity contribution >= 4 is 23.6 Å². The highest BCUT2D eigenvalue weighted by Gasteiger charge is 2.27. The van der Waals surface area contributed by atoms with Crippen molar-refractivity contribution in [2.45, 2.75) is 38.0 Å². The van der Waals surface area contributed by atoms with E-state index in [1.807, 2.05) is 13.8 Å². The standard InChI is InChI=1S/C17H23N3O3S/c1-7-23-17(22)13-8-12(9-18)15(19-11(13)4)24-14(10(2)3)16(21)20(5)6/h8,10,14H,7H2,1-6H3/t14-/m1/s1. The topological polar surface area (TPSA) is 83.3 Å². The van der Waals surface area contributed by atoms with Crippen molar-refractivity contribution in [1.29, 1.82) is 5.26 Å². The third-order valence-corrected chi connectivity index (χ3v) is 4.86. The molecule has 0 aliphatic carbocycles. The fraction of sp³-hybridized carbons (Fsp3) is 0.529. The fourth-order valence-electron chi connectivity index (χ4n) is 2.02. The van der Waals surface area contributed by atoms with E-state index in [1.54, 1.807) is 27.9 Å². The van der Waals surface area contributed by atoms with E-state index >= 15 is 0 Å². The maximum absolute atomic E-state index is 12.4. The van der Waals surface area contributed by atoms with Crippen molar-refractivity contribution < 1.29 is 14.3 Å². The molecule has 0 aliphatic rings. The molecule has 24 heavy (non-hydrogen) atoms. The molecule has 0 spiro atoms. The molecule has 7 heteroatoms. The van der Waals surface area contributed by atoms with E-state index in [1.165, 1.54) is 22.7 Å². The number of nitriles is 1. The Balaban J connectivity index is 3.25. The largest absolute Gasteiger partial charge is 0.462 e. The first-order chi connectivity index (χ1) is 11.2. The molecule has 0 saturated carbocycles. The summed E-state index contributed by atoms with van der Waals surface area (Å²) in [5, 5.41) is 9.50. The van der Waals surface area contributed by atoms with Crippen LogP contribution in [0, 0.1) is 24.2 Å². The van der Waals surface area contributed by atoms with Crippen LogP contribution in [-0.4, -0.2) is 47.7 Å². The summed E-state index contributed by atoms with van der Waals surface area (Å²) in [6.45, 7) is 7.56. The average Bonchev–Trinajstić information content (AvgIpc) is 2.51. The summed E-state index contributed by atoms with van der Waals surface area (Å²) in [7, 11) is 3.40. The number of ether oxygens (including phenoxy) is 1. The van der Waals surface area contributed by atoms with Gasteiger partial charge < -0.3 is 9.64 Å². The first kappa shape index (κ1) is 20.0. The minimum absolute atomic E-state index is 0.0344. The number of hydrogen-bond donors (Lipinski definition) is 0. The van der Waals surface area contributed by atoms with E-state index < -0.39 is 5.97 Å². The molecule has 1 atom stereocenters. The van der Waals surface area contributed by atoms with E-state index in [9.17, 15) is 14.9 Å². The highest BCUT2D eigenvalue weighted by atomic mass is 32.2. The lowest BCUT2D eigenvalue weighted by Crippen LogP contribution is -2.35. The van der Waals surface area contributed by atoms with Crippen molar-refractivity contribution in [2.75, 3.05) is 20.7 Å². The molecule has 0 fully saturated rings. The number of pyridine rings is 1. The second-order valence-corrected chi connectivity index (χ2v) is 6.95. The molecule has 0 aliphatic heterocycles. The molecule has 1 rings (SSSR count). The van der Waals surface area contributed by atoms with E-state index in [-0.39, 0.29) is 34.8 Å². The molecule has 6 nitrogen and oxygen atoms in total. The van der Waals surface area contributed by atoms with Gasteiger partial charge in [0.05, 0.1) is 28.7 Å². The average molecular weight is 349 g/mol. The molecule has 0 bridgehead atoms. The molecular weight excluding hydrogens is 326 g/mol. The number of esters is 1. The normalized spacial score (nSPS) is 11.8. The van der Waals surface area contributed by atoms with Gasteiger partial charge in [-0.15, -0.1) is 0 Å². The summed E-state index contributed by atoms with van der Waals surface area (Å²) in [6.07, 6.45) is 0. The van der Waals surface area contributed by atoms with Crippen LogP contribution >= 0.6 is 11.8 Å². The molecule has 1 amide bonds. The Labute approximate surface area is 147 Å². The Morgan fingerprint density at radius 1 is 1.42 bits per heavy atom. The van der Waals surface area contributed by atoms with Gasteiger partial charge in [0.25, 0.3) is 0 Å². The van der Waals surface area contributed by atoms with Crippen LogP contribution in [0.1, 0.15) is 42.4 Å². The Morgan fingerprint density at radius 3 is 2.50 bits per heavy atom. The van der Waals surface area contributed by atoms with Crippen molar-refractivity contribution in [3.63, 3.8) is 0 Å². The number of nitrogens with zero attached hydrogens (tertiary/aromatic N) is 3. The van der Waals surface area contributed by atoms with Gasteiger partial charge in [0.1, 0.15) is 11.1 Å². The number of carbonyl (C=O) groups excluding carboxylic acids is 2. The predicted molar refractivity (Wildman–Crippen MR) is 92.8 cm³/mol. The van der Waals surface area contributed by atoms with Crippen LogP contribution in [0.2, 0.25) is 0 Å². The second-order valence-electron chi connectivity index (χ2n) is 5.82. The number of carbonyl (C=O) groups is 2. The molecule has 130 valence electrons. The van der Waals surface area contributed by atoms with E-state index in [4.69, 9.17) is 4.74 Å². The zero-order valence-electron chi connectivity index (χ0n) is 14.9. The molecule has 0 unspecified atom stereocenters. The van der Waals surface area contributed by atoms with Crippen molar-refractivity contribution in [3.8, 4) is 6.07 Å². The van der Waals surface area contributed by atoms with Gasteiger partial charge in [-0.25, -0.2) is 9.78 Å². The fourth-order valence-corrected chi connectivity index (χ4v) is 3.26. The molecule has 1 aromatic rings. The van der Waals surface area contributed by atoms with E-state index in [0.29, 0.717) is 10.7 Å². The lowest BCUT2D eigenvalue weighted by Gasteiger charge is -2.23. The Hall–Kier alpha value is -2.07. The summed E-state index contributed by atoms with van der Waals surface area (Å²) < 4.78 is 4.98.